The first-order valence-electron chi connectivity index (χ1n) is 4.91. The van der Waals surface area contributed by atoms with Gasteiger partial charge in [-0.3, -0.25) is 0 Å². The van der Waals surface area contributed by atoms with Crippen LogP contribution >= 0.6 is 0 Å². The van der Waals surface area contributed by atoms with E-state index < -0.39 is 11.5 Å². The molecule has 0 unspecified atom stereocenters. The average molecular weight is 227 g/mol. The summed E-state index contributed by atoms with van der Waals surface area (Å²) >= 11 is 0. The molecule has 0 aliphatic rings. The molecule has 0 aromatic heterocycles. The fraction of sp³-hybridized carbons (Fsp3) is 0.455. The van der Waals surface area contributed by atoms with Gasteiger partial charge in [0.2, 0.25) is 0 Å². The number of hydrogen-bond donors (Lipinski definition) is 5. The summed E-state index contributed by atoms with van der Waals surface area (Å²) in [6.07, 6.45) is 0. The van der Waals surface area contributed by atoms with Gasteiger partial charge in [-0.2, -0.15) is 0 Å². The summed E-state index contributed by atoms with van der Waals surface area (Å²) in [6.45, 7) is 3.24. The molecule has 0 aliphatic carbocycles. The fourth-order valence-electron chi connectivity index (χ4n) is 1.42. The minimum Gasteiger partial charge on any atom is -0.508 e. The maximum absolute atomic E-state index is 9.62. The van der Waals surface area contributed by atoms with Gasteiger partial charge in [-0.05, 0) is 0 Å². The third-order valence-electron chi connectivity index (χ3n) is 2.68. The van der Waals surface area contributed by atoms with Crippen LogP contribution in [0.15, 0.2) is 12.1 Å². The molecule has 0 aliphatic heterocycles. The number of aliphatic hydroxyl groups is 1. The van der Waals surface area contributed by atoms with Gasteiger partial charge in [0.15, 0.2) is 0 Å². The molecule has 0 bridgehead atoms. The van der Waals surface area contributed by atoms with Crippen molar-refractivity contribution < 1.29 is 20.4 Å². The molecular weight excluding hydrogens is 210 g/mol. The zero-order valence-electron chi connectivity index (χ0n) is 9.31. The highest BCUT2D eigenvalue weighted by Crippen LogP contribution is 2.42. The van der Waals surface area contributed by atoms with E-state index in [4.69, 9.17) is 15.9 Å². The predicted molar refractivity (Wildman–Crippen MR) is 59.2 cm³/mol. The topological polar surface area (TPSA) is 107 Å². The number of hydrogen-bond acceptors (Lipinski definition) is 5. The number of aromatic hydroxyl groups is 3. The molecular formula is C11H17NO4. The summed E-state index contributed by atoms with van der Waals surface area (Å²) in [5.41, 5.74) is 5.31. The molecule has 0 saturated carbocycles. The molecule has 0 radical (unpaired) electrons. The molecule has 1 rings (SSSR count). The van der Waals surface area contributed by atoms with Crippen LogP contribution in [0.1, 0.15) is 25.5 Å². The predicted octanol–water partition coefficient (Wildman–Crippen LogP) is 0.822. The minimum atomic E-state index is -0.738. The molecule has 6 N–H and O–H groups in total. The second-order valence-electron chi connectivity index (χ2n) is 4.52. The fourth-order valence-corrected chi connectivity index (χ4v) is 1.42. The summed E-state index contributed by atoms with van der Waals surface area (Å²) in [4.78, 5) is 0. The van der Waals surface area contributed by atoms with Gasteiger partial charge in [0.05, 0.1) is 5.56 Å². The molecule has 0 heterocycles. The zero-order chi connectivity index (χ0) is 12.5. The first-order valence-corrected chi connectivity index (χ1v) is 4.91. The Morgan fingerprint density at radius 2 is 1.62 bits per heavy atom. The maximum Gasteiger partial charge on any atom is 0.127 e. The van der Waals surface area contributed by atoms with E-state index in [0.29, 0.717) is 0 Å². The first kappa shape index (κ1) is 12.6. The van der Waals surface area contributed by atoms with E-state index in [-0.39, 0.29) is 29.4 Å². The Bertz CT molecular complexity index is 367. The van der Waals surface area contributed by atoms with Crippen molar-refractivity contribution in [3.63, 3.8) is 0 Å². The minimum absolute atomic E-state index is 0.122. The molecule has 1 aromatic rings. The van der Waals surface area contributed by atoms with Crippen LogP contribution in [0, 0.1) is 5.41 Å². The monoisotopic (exact) mass is 227 g/mol. The van der Waals surface area contributed by atoms with Crippen LogP contribution < -0.4 is 5.73 Å². The Balaban J connectivity index is 3.24. The Morgan fingerprint density at radius 3 is 2.00 bits per heavy atom. The van der Waals surface area contributed by atoms with E-state index in [0.717, 1.165) is 12.1 Å². The lowest BCUT2D eigenvalue weighted by Gasteiger charge is -2.30. The Kier molecular flexibility index (Phi) is 3.30. The van der Waals surface area contributed by atoms with E-state index >= 15 is 0 Å². The molecule has 1 atom stereocenters. The van der Waals surface area contributed by atoms with E-state index in [1.165, 1.54) is 0 Å². The summed E-state index contributed by atoms with van der Waals surface area (Å²) < 4.78 is 0. The molecule has 1 aromatic carbocycles. The zero-order valence-corrected chi connectivity index (χ0v) is 9.31. The van der Waals surface area contributed by atoms with Crippen LogP contribution in [0.3, 0.4) is 0 Å². The van der Waals surface area contributed by atoms with Crippen LogP contribution in [-0.4, -0.2) is 27.0 Å². The highest BCUT2D eigenvalue weighted by atomic mass is 16.3. The Labute approximate surface area is 93.8 Å². The van der Waals surface area contributed by atoms with Crippen molar-refractivity contribution >= 4 is 0 Å². The number of aliphatic hydroxyl groups excluding tert-OH is 1. The molecule has 5 nitrogen and oxygen atoms in total. The number of benzene rings is 1. The smallest absolute Gasteiger partial charge is 0.127 e. The van der Waals surface area contributed by atoms with E-state index in [1.54, 1.807) is 13.8 Å². The van der Waals surface area contributed by atoms with Gasteiger partial charge in [0, 0.05) is 30.2 Å². The normalized spacial score (nSPS) is 13.8. The van der Waals surface area contributed by atoms with Crippen LogP contribution in [0.4, 0.5) is 0 Å². The van der Waals surface area contributed by atoms with E-state index in [9.17, 15) is 10.2 Å². The van der Waals surface area contributed by atoms with Gasteiger partial charge in [-0.1, -0.05) is 13.8 Å². The van der Waals surface area contributed by atoms with Crippen molar-refractivity contribution in [1.29, 1.82) is 0 Å². The van der Waals surface area contributed by atoms with Crippen LogP contribution in [0.25, 0.3) is 0 Å². The van der Waals surface area contributed by atoms with Crippen molar-refractivity contribution in [2.75, 3.05) is 6.61 Å². The molecule has 0 fully saturated rings. The molecule has 16 heavy (non-hydrogen) atoms. The lowest BCUT2D eigenvalue weighted by molar-refractivity contribution is 0.130. The standard InChI is InChI=1S/C11H17NO4/c1-11(2,5-13)10(12)9-7(15)3-6(14)4-8(9)16/h3-4,10,13-16H,5,12H2,1-2H3/t10-/m1/s1. The van der Waals surface area contributed by atoms with E-state index in [2.05, 4.69) is 0 Å². The summed E-state index contributed by atoms with van der Waals surface area (Å²) in [6, 6.07) is 1.46. The van der Waals surface area contributed by atoms with Crippen LogP contribution in [0.2, 0.25) is 0 Å². The van der Waals surface area contributed by atoms with Gasteiger partial charge in [-0.25, -0.2) is 0 Å². The first-order chi connectivity index (χ1) is 7.29. The Hall–Kier alpha value is -1.46. The summed E-state index contributed by atoms with van der Waals surface area (Å²) in [7, 11) is 0. The van der Waals surface area contributed by atoms with Crippen molar-refractivity contribution in [2.45, 2.75) is 19.9 Å². The van der Waals surface area contributed by atoms with Gasteiger partial charge in [0.25, 0.3) is 0 Å². The van der Waals surface area contributed by atoms with Crippen molar-refractivity contribution in [2.24, 2.45) is 11.1 Å². The highest BCUT2D eigenvalue weighted by molar-refractivity contribution is 5.50. The summed E-state index contributed by atoms with van der Waals surface area (Å²) in [5, 5.41) is 37.6. The molecule has 0 spiro atoms. The van der Waals surface area contributed by atoms with Crippen molar-refractivity contribution in [3.8, 4) is 17.2 Å². The van der Waals surface area contributed by atoms with E-state index in [1.807, 2.05) is 0 Å². The van der Waals surface area contributed by atoms with Gasteiger partial charge in [-0.15, -0.1) is 0 Å². The lowest BCUT2D eigenvalue weighted by atomic mass is 9.81. The molecule has 0 amide bonds. The quantitative estimate of drug-likeness (QED) is 0.525. The molecule has 5 heteroatoms. The van der Waals surface area contributed by atoms with Gasteiger partial charge in [0.1, 0.15) is 17.2 Å². The van der Waals surface area contributed by atoms with Crippen molar-refractivity contribution in [3.05, 3.63) is 17.7 Å². The maximum atomic E-state index is 9.62. The average Bonchev–Trinajstić information content (AvgIpc) is 2.15. The van der Waals surface area contributed by atoms with Crippen LogP contribution in [-0.2, 0) is 0 Å². The second kappa shape index (κ2) is 4.19. The molecule has 0 saturated heterocycles. The molecule has 90 valence electrons. The largest absolute Gasteiger partial charge is 0.508 e. The lowest BCUT2D eigenvalue weighted by Crippen LogP contribution is -2.32. The number of rotatable bonds is 3. The third-order valence-corrected chi connectivity index (χ3v) is 2.68. The highest BCUT2D eigenvalue weighted by Gasteiger charge is 2.31. The number of phenols is 3. The third kappa shape index (κ3) is 2.20. The van der Waals surface area contributed by atoms with Gasteiger partial charge >= 0.3 is 0 Å². The van der Waals surface area contributed by atoms with Gasteiger partial charge < -0.3 is 26.2 Å². The summed E-state index contributed by atoms with van der Waals surface area (Å²) in [5.74, 6) is -0.814. The SMILES string of the molecule is CC(C)(CO)[C@H](N)c1c(O)cc(O)cc1O. The number of phenolic OH excluding ortho intramolecular Hbond substituents is 3. The second-order valence-corrected chi connectivity index (χ2v) is 4.52. The van der Waals surface area contributed by atoms with Crippen molar-refractivity contribution in [1.82, 2.24) is 0 Å². The number of nitrogens with two attached hydrogens (primary N) is 1. The van der Waals surface area contributed by atoms with Crippen LogP contribution in [0.5, 0.6) is 17.2 Å². The Morgan fingerprint density at radius 1 is 1.19 bits per heavy atom.